The highest BCUT2D eigenvalue weighted by atomic mass is 15.2. The molecular weight excluding hydrogens is 246 g/mol. The first kappa shape index (κ1) is 15.3. The van der Waals surface area contributed by atoms with Crippen molar-refractivity contribution < 1.29 is 0 Å². The molecular formula is C17H29N3. The normalized spacial score (nSPS) is 24.4. The van der Waals surface area contributed by atoms with Crippen LogP contribution in [0.15, 0.2) is 18.3 Å². The van der Waals surface area contributed by atoms with E-state index >= 15 is 0 Å². The minimum atomic E-state index is 0.183. The number of nitrogens with two attached hydrogens (primary N) is 1. The lowest BCUT2D eigenvalue weighted by Gasteiger charge is -2.36. The number of hydrogen-bond donors (Lipinski definition) is 1. The molecule has 1 unspecified atom stereocenters. The third kappa shape index (κ3) is 3.72. The van der Waals surface area contributed by atoms with Gasteiger partial charge in [0.15, 0.2) is 0 Å². The van der Waals surface area contributed by atoms with Crippen molar-refractivity contribution in [1.29, 1.82) is 0 Å². The van der Waals surface area contributed by atoms with Crippen molar-refractivity contribution in [2.75, 3.05) is 11.9 Å². The van der Waals surface area contributed by atoms with Crippen LogP contribution in [0.25, 0.3) is 0 Å². The van der Waals surface area contributed by atoms with Crippen molar-refractivity contribution in [1.82, 2.24) is 4.98 Å². The number of anilines is 1. The van der Waals surface area contributed by atoms with Crippen molar-refractivity contribution in [3.63, 3.8) is 0 Å². The van der Waals surface area contributed by atoms with E-state index < -0.39 is 0 Å². The summed E-state index contributed by atoms with van der Waals surface area (Å²) >= 11 is 0. The Hall–Kier alpha value is -1.09. The van der Waals surface area contributed by atoms with E-state index in [1.807, 2.05) is 12.3 Å². The van der Waals surface area contributed by atoms with Crippen LogP contribution in [0.5, 0.6) is 0 Å². The second-order valence-electron chi connectivity index (χ2n) is 6.36. The summed E-state index contributed by atoms with van der Waals surface area (Å²) < 4.78 is 0. The van der Waals surface area contributed by atoms with Crippen molar-refractivity contribution in [3.05, 3.63) is 23.9 Å². The third-order valence-corrected chi connectivity index (χ3v) is 4.68. The molecule has 1 atom stereocenters. The Kier molecular flexibility index (Phi) is 5.41. The summed E-state index contributed by atoms with van der Waals surface area (Å²) in [6.45, 7) is 4.37. The lowest BCUT2D eigenvalue weighted by Crippen LogP contribution is -2.36. The summed E-state index contributed by atoms with van der Waals surface area (Å²) in [6, 6.07) is 5.00. The summed E-state index contributed by atoms with van der Waals surface area (Å²) in [5, 5.41) is 0. The highest BCUT2D eigenvalue weighted by Crippen LogP contribution is 2.31. The molecule has 1 fully saturated rings. The molecule has 0 aliphatic heterocycles. The molecule has 0 radical (unpaired) electrons. The zero-order chi connectivity index (χ0) is 14.5. The lowest BCUT2D eigenvalue weighted by atomic mass is 9.84. The Morgan fingerprint density at radius 2 is 2.05 bits per heavy atom. The van der Waals surface area contributed by atoms with E-state index in [0.717, 1.165) is 18.2 Å². The van der Waals surface area contributed by atoms with Gasteiger partial charge < -0.3 is 10.6 Å². The van der Waals surface area contributed by atoms with Gasteiger partial charge in [0, 0.05) is 25.3 Å². The molecule has 1 aliphatic carbocycles. The van der Waals surface area contributed by atoms with Gasteiger partial charge in [-0.25, -0.2) is 4.98 Å². The molecule has 0 aromatic carbocycles. The van der Waals surface area contributed by atoms with Gasteiger partial charge in [0.1, 0.15) is 5.82 Å². The molecule has 0 amide bonds. The van der Waals surface area contributed by atoms with Crippen molar-refractivity contribution in [3.8, 4) is 0 Å². The molecule has 0 bridgehead atoms. The monoisotopic (exact) mass is 275 g/mol. The van der Waals surface area contributed by atoms with E-state index in [2.05, 4.69) is 36.8 Å². The van der Waals surface area contributed by atoms with Crippen LogP contribution in [-0.4, -0.2) is 24.1 Å². The number of hydrogen-bond acceptors (Lipinski definition) is 3. The van der Waals surface area contributed by atoms with Gasteiger partial charge in [-0.05, 0) is 56.6 Å². The van der Waals surface area contributed by atoms with Gasteiger partial charge in [-0.2, -0.15) is 0 Å². The minimum Gasteiger partial charge on any atom is -0.356 e. The summed E-state index contributed by atoms with van der Waals surface area (Å²) in [4.78, 5) is 7.01. The summed E-state index contributed by atoms with van der Waals surface area (Å²) in [7, 11) is 2.20. The third-order valence-electron chi connectivity index (χ3n) is 4.68. The van der Waals surface area contributed by atoms with E-state index in [4.69, 9.17) is 5.73 Å². The van der Waals surface area contributed by atoms with Crippen molar-refractivity contribution in [2.45, 2.75) is 64.5 Å². The Bertz CT molecular complexity index is 408. The predicted octanol–water partition coefficient (Wildman–Crippen LogP) is 3.38. The molecule has 2 N–H and O–H groups in total. The first-order valence-electron chi connectivity index (χ1n) is 8.04. The van der Waals surface area contributed by atoms with E-state index in [0.29, 0.717) is 6.04 Å². The van der Waals surface area contributed by atoms with Crippen molar-refractivity contribution in [2.24, 2.45) is 11.7 Å². The Morgan fingerprint density at radius 1 is 1.35 bits per heavy atom. The fourth-order valence-corrected chi connectivity index (χ4v) is 3.37. The average Bonchev–Trinajstić information content (AvgIpc) is 2.46. The van der Waals surface area contributed by atoms with Gasteiger partial charge >= 0.3 is 0 Å². The standard InChI is InChI=1S/C17H29N3/c1-4-14-7-9-16(10-8-14)20(3)17-15(12-13(2)18)6-5-11-19-17/h5-6,11,13-14,16H,4,7-10,12,18H2,1-3H3. The van der Waals surface area contributed by atoms with Crippen LogP contribution in [0.4, 0.5) is 5.82 Å². The average molecular weight is 275 g/mol. The molecule has 2 rings (SSSR count). The number of nitrogens with zero attached hydrogens (tertiary/aromatic N) is 2. The topological polar surface area (TPSA) is 42.2 Å². The number of pyridine rings is 1. The highest BCUT2D eigenvalue weighted by Gasteiger charge is 2.24. The summed E-state index contributed by atoms with van der Waals surface area (Å²) in [5.41, 5.74) is 7.24. The number of rotatable bonds is 5. The molecule has 112 valence electrons. The second-order valence-corrected chi connectivity index (χ2v) is 6.36. The summed E-state index contributed by atoms with van der Waals surface area (Å²) in [5.74, 6) is 2.07. The van der Waals surface area contributed by atoms with Gasteiger partial charge in [-0.1, -0.05) is 19.4 Å². The van der Waals surface area contributed by atoms with Gasteiger partial charge in [0.2, 0.25) is 0 Å². The quantitative estimate of drug-likeness (QED) is 0.896. The first-order valence-corrected chi connectivity index (χ1v) is 8.04. The molecule has 1 aromatic heterocycles. The molecule has 1 heterocycles. The van der Waals surface area contributed by atoms with E-state index in [-0.39, 0.29) is 6.04 Å². The fraction of sp³-hybridized carbons (Fsp3) is 0.706. The lowest BCUT2D eigenvalue weighted by molar-refractivity contribution is 0.312. The van der Waals surface area contributed by atoms with Crippen LogP contribution in [0.3, 0.4) is 0 Å². The molecule has 3 heteroatoms. The molecule has 1 aliphatic rings. The zero-order valence-corrected chi connectivity index (χ0v) is 13.2. The van der Waals surface area contributed by atoms with Gasteiger partial charge in [-0.15, -0.1) is 0 Å². The summed E-state index contributed by atoms with van der Waals surface area (Å²) in [6.07, 6.45) is 9.44. The maximum Gasteiger partial charge on any atom is 0.131 e. The predicted molar refractivity (Wildman–Crippen MR) is 86.0 cm³/mol. The molecule has 1 aromatic rings. The number of aromatic nitrogens is 1. The van der Waals surface area contributed by atoms with Crippen LogP contribution in [0, 0.1) is 5.92 Å². The molecule has 0 spiro atoms. The minimum absolute atomic E-state index is 0.183. The van der Waals surface area contributed by atoms with Crippen LogP contribution >= 0.6 is 0 Å². The smallest absolute Gasteiger partial charge is 0.131 e. The van der Waals surface area contributed by atoms with E-state index in [9.17, 15) is 0 Å². The van der Waals surface area contributed by atoms with Crippen molar-refractivity contribution >= 4 is 5.82 Å². The van der Waals surface area contributed by atoms with Crippen LogP contribution < -0.4 is 10.6 Å². The Balaban J connectivity index is 2.07. The zero-order valence-electron chi connectivity index (χ0n) is 13.2. The SMILES string of the molecule is CCC1CCC(N(C)c2ncccc2CC(C)N)CC1. The first-order chi connectivity index (χ1) is 9.61. The molecule has 3 nitrogen and oxygen atoms in total. The second kappa shape index (κ2) is 7.07. The van der Waals surface area contributed by atoms with E-state index in [1.54, 1.807) is 0 Å². The highest BCUT2D eigenvalue weighted by molar-refractivity contribution is 5.47. The van der Waals surface area contributed by atoms with Gasteiger partial charge in [-0.3, -0.25) is 0 Å². The van der Waals surface area contributed by atoms with Crippen LogP contribution in [-0.2, 0) is 6.42 Å². The maximum atomic E-state index is 5.96. The van der Waals surface area contributed by atoms with Crippen LogP contribution in [0.2, 0.25) is 0 Å². The van der Waals surface area contributed by atoms with Gasteiger partial charge in [0.25, 0.3) is 0 Å². The maximum absolute atomic E-state index is 5.96. The molecule has 20 heavy (non-hydrogen) atoms. The van der Waals surface area contributed by atoms with E-state index in [1.165, 1.54) is 37.7 Å². The molecule has 0 saturated heterocycles. The Labute approximate surface area is 123 Å². The van der Waals surface area contributed by atoms with Crippen LogP contribution in [0.1, 0.15) is 51.5 Å². The fourth-order valence-electron chi connectivity index (χ4n) is 3.37. The Morgan fingerprint density at radius 3 is 2.65 bits per heavy atom. The molecule has 1 saturated carbocycles. The largest absolute Gasteiger partial charge is 0.356 e. The van der Waals surface area contributed by atoms with Gasteiger partial charge in [0.05, 0.1) is 0 Å².